The second-order valence-electron chi connectivity index (χ2n) is 6.33. The maximum absolute atomic E-state index is 14.7. The lowest BCUT2D eigenvalue weighted by molar-refractivity contribution is 0.639. The van der Waals surface area contributed by atoms with Crippen LogP contribution in [0.3, 0.4) is 0 Å². The van der Waals surface area contributed by atoms with E-state index in [1.165, 1.54) is 6.20 Å². The van der Waals surface area contributed by atoms with E-state index < -0.39 is 5.82 Å². The van der Waals surface area contributed by atoms with E-state index in [0.29, 0.717) is 22.6 Å². The van der Waals surface area contributed by atoms with E-state index in [1.807, 2.05) is 32.0 Å². The summed E-state index contributed by atoms with van der Waals surface area (Å²) < 4.78 is 16.5. The molecule has 27 heavy (non-hydrogen) atoms. The van der Waals surface area contributed by atoms with Crippen molar-refractivity contribution in [2.45, 2.75) is 20.4 Å². The lowest BCUT2D eigenvalue weighted by Gasteiger charge is -2.10. The highest BCUT2D eigenvalue weighted by Gasteiger charge is 2.11. The topological polar surface area (TPSA) is 55.6 Å². The van der Waals surface area contributed by atoms with Crippen LogP contribution >= 0.6 is 11.6 Å². The van der Waals surface area contributed by atoms with Crippen LogP contribution in [0.2, 0.25) is 5.02 Å². The molecule has 0 saturated carbocycles. The summed E-state index contributed by atoms with van der Waals surface area (Å²) in [7, 11) is 0. The molecule has 4 rings (SSSR count). The Morgan fingerprint density at radius 2 is 1.96 bits per heavy atom. The number of pyridine rings is 2. The molecule has 0 aliphatic carbocycles. The Kier molecular flexibility index (Phi) is 4.49. The van der Waals surface area contributed by atoms with Crippen LogP contribution in [-0.4, -0.2) is 19.7 Å². The summed E-state index contributed by atoms with van der Waals surface area (Å²) in [6.07, 6.45) is 3.26. The number of hydrogen-bond donors (Lipinski definition) is 1. The molecule has 0 spiro atoms. The largest absolute Gasteiger partial charge is 0.378 e. The molecule has 1 N–H and O–H groups in total. The monoisotopic (exact) mass is 381 g/mol. The van der Waals surface area contributed by atoms with Gasteiger partial charge in [-0.15, -0.1) is 0 Å². The van der Waals surface area contributed by atoms with Crippen LogP contribution in [0.4, 0.5) is 10.1 Å². The summed E-state index contributed by atoms with van der Waals surface area (Å²) in [4.78, 5) is 8.55. The summed E-state index contributed by atoms with van der Waals surface area (Å²) in [5.41, 5.74) is 3.53. The molecular weight excluding hydrogens is 365 g/mol. The van der Waals surface area contributed by atoms with Gasteiger partial charge in [0.05, 0.1) is 16.4 Å². The van der Waals surface area contributed by atoms with Crippen LogP contribution in [0, 0.1) is 19.7 Å². The van der Waals surface area contributed by atoms with E-state index in [4.69, 9.17) is 11.6 Å². The first kappa shape index (κ1) is 17.4. The summed E-state index contributed by atoms with van der Waals surface area (Å²) in [5.74, 6) is 0.335. The predicted octanol–water partition coefficient (Wildman–Crippen LogP) is 4.84. The summed E-state index contributed by atoms with van der Waals surface area (Å²) in [6.45, 7) is 4.37. The van der Waals surface area contributed by atoms with Crippen molar-refractivity contribution in [1.29, 1.82) is 0 Å². The standard InChI is InChI=1S/C20H17ClFN5/c1-12-9-13(2)27(26-12)18-6-3-14(11-25-18)10-24-17-5-4-15-16(21)7-8-23-20(15)19(17)22/h3-9,11,24H,10H2,1-2H3. The molecule has 0 bridgehead atoms. The van der Waals surface area contributed by atoms with Crippen LogP contribution in [0.5, 0.6) is 0 Å². The molecule has 0 saturated heterocycles. The maximum atomic E-state index is 14.7. The fraction of sp³-hybridized carbons (Fsp3) is 0.150. The van der Waals surface area contributed by atoms with Crippen molar-refractivity contribution < 1.29 is 4.39 Å². The fourth-order valence-electron chi connectivity index (χ4n) is 2.99. The Hall–Kier alpha value is -2.99. The number of hydrogen-bond acceptors (Lipinski definition) is 4. The fourth-order valence-corrected chi connectivity index (χ4v) is 3.20. The Bertz CT molecular complexity index is 1120. The normalized spacial score (nSPS) is 11.1. The predicted molar refractivity (Wildman–Crippen MR) is 105 cm³/mol. The van der Waals surface area contributed by atoms with Gasteiger partial charge in [0.2, 0.25) is 0 Å². The minimum absolute atomic E-state index is 0.255. The molecule has 0 amide bonds. The van der Waals surface area contributed by atoms with Crippen LogP contribution in [0.1, 0.15) is 17.0 Å². The summed E-state index contributed by atoms with van der Waals surface area (Å²) >= 11 is 6.09. The highest BCUT2D eigenvalue weighted by Crippen LogP contribution is 2.28. The summed E-state index contributed by atoms with van der Waals surface area (Å²) in [5, 5.41) is 8.59. The molecule has 3 aromatic heterocycles. The highest BCUT2D eigenvalue weighted by molar-refractivity contribution is 6.35. The molecular formula is C20H17ClFN5. The van der Waals surface area contributed by atoms with E-state index in [0.717, 1.165) is 22.8 Å². The van der Waals surface area contributed by atoms with Crippen LogP contribution in [-0.2, 0) is 6.54 Å². The van der Waals surface area contributed by atoms with Crippen LogP contribution < -0.4 is 5.32 Å². The zero-order chi connectivity index (χ0) is 19.0. The Morgan fingerprint density at radius 1 is 1.11 bits per heavy atom. The maximum Gasteiger partial charge on any atom is 0.172 e. The van der Waals surface area contributed by atoms with Crippen molar-refractivity contribution in [3.05, 3.63) is 76.6 Å². The Balaban J connectivity index is 1.53. The van der Waals surface area contributed by atoms with Gasteiger partial charge in [0.1, 0.15) is 5.52 Å². The molecule has 3 heterocycles. The molecule has 0 fully saturated rings. The molecule has 136 valence electrons. The van der Waals surface area contributed by atoms with Gasteiger partial charge in [0, 0.05) is 30.0 Å². The van der Waals surface area contributed by atoms with Gasteiger partial charge >= 0.3 is 0 Å². The lowest BCUT2D eigenvalue weighted by Crippen LogP contribution is -2.05. The second kappa shape index (κ2) is 6.96. The zero-order valence-electron chi connectivity index (χ0n) is 14.9. The molecule has 0 atom stereocenters. The molecule has 0 aliphatic rings. The molecule has 4 aromatic rings. The number of nitrogens with zero attached hydrogens (tertiary/aromatic N) is 4. The number of anilines is 1. The third-order valence-electron chi connectivity index (χ3n) is 4.32. The number of fused-ring (bicyclic) bond motifs is 1. The zero-order valence-corrected chi connectivity index (χ0v) is 15.6. The number of nitrogens with one attached hydrogen (secondary N) is 1. The average molecular weight is 382 g/mol. The molecule has 0 aliphatic heterocycles. The van der Waals surface area contributed by atoms with E-state index in [2.05, 4.69) is 20.4 Å². The van der Waals surface area contributed by atoms with E-state index in [1.54, 1.807) is 29.1 Å². The minimum Gasteiger partial charge on any atom is -0.378 e. The smallest absolute Gasteiger partial charge is 0.172 e. The molecule has 7 heteroatoms. The number of benzene rings is 1. The van der Waals surface area contributed by atoms with Gasteiger partial charge in [-0.25, -0.2) is 14.1 Å². The molecule has 0 unspecified atom stereocenters. The second-order valence-corrected chi connectivity index (χ2v) is 6.74. The third kappa shape index (κ3) is 3.36. The van der Waals surface area contributed by atoms with Crippen molar-refractivity contribution in [3.63, 3.8) is 0 Å². The molecule has 1 aromatic carbocycles. The van der Waals surface area contributed by atoms with E-state index in [-0.39, 0.29) is 5.52 Å². The molecule has 5 nitrogen and oxygen atoms in total. The average Bonchev–Trinajstić information content (AvgIpc) is 3.00. The van der Waals surface area contributed by atoms with Crippen molar-refractivity contribution >= 4 is 28.2 Å². The number of aryl methyl sites for hydroxylation is 2. The van der Waals surface area contributed by atoms with Crippen molar-refractivity contribution in [2.24, 2.45) is 0 Å². The van der Waals surface area contributed by atoms with Crippen molar-refractivity contribution in [1.82, 2.24) is 19.7 Å². The van der Waals surface area contributed by atoms with Gasteiger partial charge in [-0.3, -0.25) is 4.98 Å². The lowest BCUT2D eigenvalue weighted by atomic mass is 10.2. The van der Waals surface area contributed by atoms with E-state index in [9.17, 15) is 4.39 Å². The van der Waals surface area contributed by atoms with Crippen molar-refractivity contribution in [2.75, 3.05) is 5.32 Å². The first-order valence-electron chi connectivity index (χ1n) is 8.48. The SMILES string of the molecule is Cc1cc(C)n(-c2ccc(CNc3ccc4c(Cl)ccnc4c3F)cn2)n1. The van der Waals surface area contributed by atoms with E-state index >= 15 is 0 Å². The van der Waals surface area contributed by atoms with Gasteiger partial charge in [-0.05, 0) is 49.7 Å². The Morgan fingerprint density at radius 3 is 2.67 bits per heavy atom. The van der Waals surface area contributed by atoms with Gasteiger partial charge in [-0.2, -0.15) is 5.10 Å². The van der Waals surface area contributed by atoms with Gasteiger partial charge in [0.25, 0.3) is 0 Å². The third-order valence-corrected chi connectivity index (χ3v) is 4.65. The first-order chi connectivity index (χ1) is 13.0. The first-order valence-corrected chi connectivity index (χ1v) is 8.86. The number of halogens is 2. The van der Waals surface area contributed by atoms with Gasteiger partial charge in [-0.1, -0.05) is 17.7 Å². The van der Waals surface area contributed by atoms with Crippen LogP contribution in [0.15, 0.2) is 48.8 Å². The summed E-state index contributed by atoms with van der Waals surface area (Å²) in [6, 6.07) is 10.9. The number of aromatic nitrogens is 4. The minimum atomic E-state index is -0.415. The van der Waals surface area contributed by atoms with Crippen molar-refractivity contribution in [3.8, 4) is 5.82 Å². The number of rotatable bonds is 4. The van der Waals surface area contributed by atoms with Gasteiger partial charge < -0.3 is 5.32 Å². The molecule has 0 radical (unpaired) electrons. The van der Waals surface area contributed by atoms with Crippen LogP contribution in [0.25, 0.3) is 16.7 Å². The highest BCUT2D eigenvalue weighted by atomic mass is 35.5. The van der Waals surface area contributed by atoms with Gasteiger partial charge in [0.15, 0.2) is 11.6 Å². The Labute approximate surface area is 160 Å². The quantitative estimate of drug-likeness (QED) is 0.549.